The molecule has 1 rings (SSSR count). The maximum absolute atomic E-state index is 11.7. The van der Waals surface area contributed by atoms with Crippen LogP contribution in [0.2, 0.25) is 0 Å². The lowest BCUT2D eigenvalue weighted by Gasteiger charge is -2.37. The molecule has 0 aromatic carbocycles. The van der Waals surface area contributed by atoms with Crippen LogP contribution >= 0.6 is 0 Å². The molecule has 2 nitrogen and oxygen atoms in total. The highest BCUT2D eigenvalue weighted by atomic mass is 16.2. The Kier molecular flexibility index (Phi) is 4.40. The predicted octanol–water partition coefficient (Wildman–Crippen LogP) is 3.36. The molecule has 1 fully saturated rings. The van der Waals surface area contributed by atoms with Crippen LogP contribution in [-0.2, 0) is 4.79 Å². The fraction of sp³-hybridized carbons (Fsp3) is 0.929. The molecule has 1 saturated heterocycles. The summed E-state index contributed by atoms with van der Waals surface area (Å²) in [6.07, 6.45) is 4.14. The Morgan fingerprint density at radius 2 is 1.75 bits per heavy atom. The Bertz CT molecular complexity index is 235. The van der Waals surface area contributed by atoms with Gasteiger partial charge in [-0.2, -0.15) is 0 Å². The highest BCUT2D eigenvalue weighted by molar-refractivity contribution is 5.80. The van der Waals surface area contributed by atoms with Crippen LogP contribution in [0.1, 0.15) is 60.3 Å². The van der Waals surface area contributed by atoms with E-state index in [1.165, 1.54) is 12.8 Å². The lowest BCUT2D eigenvalue weighted by Crippen LogP contribution is -2.38. The minimum atomic E-state index is 0.216. The number of carbonyl (C=O) groups is 1. The highest BCUT2D eigenvalue weighted by Crippen LogP contribution is 2.44. The van der Waals surface area contributed by atoms with Crippen LogP contribution in [-0.4, -0.2) is 11.9 Å². The molecule has 0 aromatic rings. The van der Waals surface area contributed by atoms with Crippen LogP contribution in [0.15, 0.2) is 0 Å². The van der Waals surface area contributed by atoms with Crippen molar-refractivity contribution in [1.82, 2.24) is 5.32 Å². The summed E-state index contributed by atoms with van der Waals surface area (Å²) in [5.41, 5.74) is 0.216. The highest BCUT2D eigenvalue weighted by Gasteiger charge is 2.45. The van der Waals surface area contributed by atoms with E-state index in [0.29, 0.717) is 17.9 Å². The smallest absolute Gasteiger partial charge is 0.220 e. The molecule has 1 unspecified atom stereocenters. The lowest BCUT2D eigenvalue weighted by molar-refractivity contribution is -0.119. The molecule has 0 aliphatic carbocycles. The molecular formula is C14H27NO. The van der Waals surface area contributed by atoms with Gasteiger partial charge in [-0.15, -0.1) is 0 Å². The zero-order valence-corrected chi connectivity index (χ0v) is 11.5. The minimum Gasteiger partial charge on any atom is -0.353 e. The van der Waals surface area contributed by atoms with Gasteiger partial charge in [0.05, 0.1) is 0 Å². The molecule has 1 amide bonds. The second kappa shape index (κ2) is 5.20. The van der Waals surface area contributed by atoms with Gasteiger partial charge in [0, 0.05) is 12.5 Å². The summed E-state index contributed by atoms with van der Waals surface area (Å²) in [6.45, 7) is 11.2. The molecule has 0 aromatic heterocycles. The molecule has 1 heterocycles. The topological polar surface area (TPSA) is 29.1 Å². The first kappa shape index (κ1) is 13.5. The number of rotatable bonds is 5. The molecule has 0 bridgehead atoms. The summed E-state index contributed by atoms with van der Waals surface area (Å²) in [4.78, 5) is 11.7. The second-order valence-corrected chi connectivity index (χ2v) is 6.26. The fourth-order valence-electron chi connectivity index (χ4n) is 3.51. The Morgan fingerprint density at radius 3 is 2.12 bits per heavy atom. The number of hydrogen-bond acceptors (Lipinski definition) is 1. The SMILES string of the molecule is CCC1NC(=O)CC1(CC(C)C)CC(C)C. The van der Waals surface area contributed by atoms with Crippen LogP contribution in [0, 0.1) is 17.3 Å². The zero-order chi connectivity index (χ0) is 12.3. The number of carbonyl (C=O) groups excluding carboxylic acids is 1. The largest absolute Gasteiger partial charge is 0.353 e. The molecular weight excluding hydrogens is 198 g/mol. The van der Waals surface area contributed by atoms with E-state index in [1.807, 2.05) is 0 Å². The average Bonchev–Trinajstić information content (AvgIpc) is 2.39. The molecule has 1 aliphatic rings. The van der Waals surface area contributed by atoms with Crippen molar-refractivity contribution in [2.24, 2.45) is 17.3 Å². The van der Waals surface area contributed by atoms with E-state index < -0.39 is 0 Å². The van der Waals surface area contributed by atoms with Crippen molar-refractivity contribution in [2.75, 3.05) is 0 Å². The van der Waals surface area contributed by atoms with Gasteiger partial charge in [0.15, 0.2) is 0 Å². The number of hydrogen-bond donors (Lipinski definition) is 1. The Morgan fingerprint density at radius 1 is 1.25 bits per heavy atom. The molecule has 1 aliphatic heterocycles. The third kappa shape index (κ3) is 2.99. The van der Waals surface area contributed by atoms with Gasteiger partial charge >= 0.3 is 0 Å². The summed E-state index contributed by atoms with van der Waals surface area (Å²) in [5.74, 6) is 1.59. The molecule has 2 heteroatoms. The van der Waals surface area contributed by atoms with Crippen molar-refractivity contribution < 1.29 is 4.79 Å². The molecule has 0 spiro atoms. The van der Waals surface area contributed by atoms with E-state index >= 15 is 0 Å². The zero-order valence-electron chi connectivity index (χ0n) is 11.5. The van der Waals surface area contributed by atoms with Crippen molar-refractivity contribution in [1.29, 1.82) is 0 Å². The van der Waals surface area contributed by atoms with E-state index in [-0.39, 0.29) is 11.3 Å². The Balaban J connectivity index is 2.87. The Hall–Kier alpha value is -0.530. The quantitative estimate of drug-likeness (QED) is 0.763. The molecule has 1 N–H and O–H groups in total. The van der Waals surface area contributed by atoms with Gasteiger partial charge in [0.1, 0.15) is 0 Å². The normalized spacial score (nSPS) is 24.2. The summed E-state index contributed by atoms with van der Waals surface area (Å²) in [6, 6.07) is 0.393. The molecule has 16 heavy (non-hydrogen) atoms. The predicted molar refractivity (Wildman–Crippen MR) is 68.2 cm³/mol. The first-order valence-electron chi connectivity index (χ1n) is 6.69. The van der Waals surface area contributed by atoms with Crippen LogP contribution in [0.4, 0.5) is 0 Å². The van der Waals surface area contributed by atoms with E-state index in [9.17, 15) is 4.79 Å². The summed E-state index contributed by atoms with van der Waals surface area (Å²) < 4.78 is 0. The van der Waals surface area contributed by atoms with Crippen LogP contribution < -0.4 is 5.32 Å². The maximum Gasteiger partial charge on any atom is 0.220 e. The van der Waals surface area contributed by atoms with Crippen molar-refractivity contribution in [3.63, 3.8) is 0 Å². The molecule has 94 valence electrons. The van der Waals surface area contributed by atoms with Crippen LogP contribution in [0.3, 0.4) is 0 Å². The van der Waals surface area contributed by atoms with Crippen molar-refractivity contribution in [3.8, 4) is 0 Å². The monoisotopic (exact) mass is 225 g/mol. The van der Waals surface area contributed by atoms with Gasteiger partial charge in [0.2, 0.25) is 5.91 Å². The van der Waals surface area contributed by atoms with Gasteiger partial charge in [-0.3, -0.25) is 4.79 Å². The number of amides is 1. The van der Waals surface area contributed by atoms with Crippen molar-refractivity contribution in [3.05, 3.63) is 0 Å². The fourth-order valence-corrected chi connectivity index (χ4v) is 3.51. The second-order valence-electron chi connectivity index (χ2n) is 6.26. The lowest BCUT2D eigenvalue weighted by atomic mass is 9.68. The van der Waals surface area contributed by atoms with Gasteiger partial charge in [0.25, 0.3) is 0 Å². The molecule has 0 radical (unpaired) electrons. The van der Waals surface area contributed by atoms with Gasteiger partial charge < -0.3 is 5.32 Å². The summed E-state index contributed by atoms with van der Waals surface area (Å²) in [5, 5.41) is 3.17. The summed E-state index contributed by atoms with van der Waals surface area (Å²) in [7, 11) is 0. The standard InChI is InChI=1S/C14H27NO/c1-6-12-14(7-10(2)3,8-11(4)5)9-13(16)15-12/h10-12H,6-9H2,1-5H3,(H,15,16). The van der Waals surface area contributed by atoms with E-state index in [4.69, 9.17) is 0 Å². The first-order chi connectivity index (χ1) is 7.39. The van der Waals surface area contributed by atoms with Gasteiger partial charge in [-0.25, -0.2) is 0 Å². The average molecular weight is 225 g/mol. The Labute approximate surface area is 100 Å². The van der Waals surface area contributed by atoms with Crippen LogP contribution in [0.5, 0.6) is 0 Å². The van der Waals surface area contributed by atoms with Crippen molar-refractivity contribution in [2.45, 2.75) is 66.3 Å². The van der Waals surface area contributed by atoms with Gasteiger partial charge in [-0.05, 0) is 36.5 Å². The molecule has 0 saturated carbocycles. The van der Waals surface area contributed by atoms with Crippen LogP contribution in [0.25, 0.3) is 0 Å². The third-order valence-electron chi connectivity index (χ3n) is 3.62. The minimum absolute atomic E-state index is 0.216. The first-order valence-corrected chi connectivity index (χ1v) is 6.69. The van der Waals surface area contributed by atoms with E-state index in [2.05, 4.69) is 39.9 Å². The van der Waals surface area contributed by atoms with Gasteiger partial charge in [-0.1, -0.05) is 34.6 Å². The van der Waals surface area contributed by atoms with E-state index in [0.717, 1.165) is 12.8 Å². The maximum atomic E-state index is 11.7. The third-order valence-corrected chi connectivity index (χ3v) is 3.62. The van der Waals surface area contributed by atoms with E-state index in [1.54, 1.807) is 0 Å². The summed E-state index contributed by atoms with van der Waals surface area (Å²) >= 11 is 0. The van der Waals surface area contributed by atoms with Crippen molar-refractivity contribution >= 4 is 5.91 Å². The number of nitrogens with one attached hydrogen (secondary N) is 1. The molecule has 1 atom stereocenters.